The van der Waals surface area contributed by atoms with Crippen LogP contribution in [0, 0.1) is 13.8 Å². The minimum atomic E-state index is -0.191. The number of nitrogens with zero attached hydrogens (tertiary/aromatic N) is 2. The first-order chi connectivity index (χ1) is 9.95. The number of hydrogen-bond acceptors (Lipinski definition) is 4. The highest BCUT2D eigenvalue weighted by molar-refractivity contribution is 7.99. The van der Waals surface area contributed by atoms with Crippen molar-refractivity contribution in [2.24, 2.45) is 0 Å². The van der Waals surface area contributed by atoms with Crippen LogP contribution in [0.1, 0.15) is 11.5 Å². The summed E-state index contributed by atoms with van der Waals surface area (Å²) in [6.45, 7) is 3.71. The molecule has 0 atom stereocenters. The van der Waals surface area contributed by atoms with Gasteiger partial charge in [0.15, 0.2) is 0 Å². The SMILES string of the molecule is Cc1cc(SCC(=O)Nc2c(Cl)cccc2Cl)nc(C)n1. The van der Waals surface area contributed by atoms with E-state index >= 15 is 0 Å². The lowest BCUT2D eigenvalue weighted by molar-refractivity contribution is -0.113. The molecule has 21 heavy (non-hydrogen) atoms. The molecule has 1 amide bonds. The maximum Gasteiger partial charge on any atom is 0.234 e. The normalized spacial score (nSPS) is 10.5. The molecular weight excluding hydrogens is 329 g/mol. The minimum absolute atomic E-state index is 0.191. The maximum atomic E-state index is 12.0. The van der Waals surface area contributed by atoms with Crippen molar-refractivity contribution >= 4 is 46.6 Å². The number of carbonyl (C=O) groups excluding carboxylic acids is 1. The second-order valence-electron chi connectivity index (χ2n) is 4.33. The van der Waals surface area contributed by atoms with E-state index in [-0.39, 0.29) is 11.7 Å². The van der Waals surface area contributed by atoms with Gasteiger partial charge in [-0.25, -0.2) is 9.97 Å². The average molecular weight is 342 g/mol. The van der Waals surface area contributed by atoms with Crippen molar-refractivity contribution < 1.29 is 4.79 Å². The Labute approximate surface area is 137 Å². The molecule has 0 aliphatic rings. The van der Waals surface area contributed by atoms with Gasteiger partial charge in [0.1, 0.15) is 10.9 Å². The van der Waals surface area contributed by atoms with Crippen LogP contribution in [-0.2, 0) is 4.79 Å². The predicted octanol–water partition coefficient (Wildman–Crippen LogP) is 4.13. The van der Waals surface area contributed by atoms with Gasteiger partial charge >= 0.3 is 0 Å². The fourth-order valence-corrected chi connectivity index (χ4v) is 2.98. The summed E-state index contributed by atoms with van der Waals surface area (Å²) < 4.78 is 0. The number of anilines is 1. The molecule has 1 aromatic carbocycles. The van der Waals surface area contributed by atoms with Gasteiger partial charge in [-0.2, -0.15) is 0 Å². The molecule has 2 aromatic rings. The second-order valence-corrected chi connectivity index (χ2v) is 6.14. The van der Waals surface area contributed by atoms with Crippen LogP contribution < -0.4 is 5.32 Å². The van der Waals surface area contributed by atoms with Crippen LogP contribution >= 0.6 is 35.0 Å². The molecular formula is C14H13Cl2N3OS. The summed E-state index contributed by atoms with van der Waals surface area (Å²) in [6, 6.07) is 6.91. The first kappa shape index (κ1) is 16.1. The Hall–Kier alpha value is -1.30. The van der Waals surface area contributed by atoms with E-state index < -0.39 is 0 Å². The van der Waals surface area contributed by atoms with Crippen LogP contribution in [0.25, 0.3) is 0 Å². The van der Waals surface area contributed by atoms with Crippen molar-refractivity contribution in [3.63, 3.8) is 0 Å². The third-order valence-electron chi connectivity index (χ3n) is 2.52. The summed E-state index contributed by atoms with van der Waals surface area (Å²) >= 11 is 13.3. The van der Waals surface area contributed by atoms with Crippen molar-refractivity contribution in [2.75, 3.05) is 11.1 Å². The van der Waals surface area contributed by atoms with Crippen LogP contribution in [0.15, 0.2) is 29.3 Å². The molecule has 7 heteroatoms. The first-order valence-electron chi connectivity index (χ1n) is 6.14. The average Bonchev–Trinajstić information content (AvgIpc) is 2.40. The Balaban J connectivity index is 1.99. The highest BCUT2D eigenvalue weighted by atomic mass is 35.5. The molecule has 0 bridgehead atoms. The van der Waals surface area contributed by atoms with Crippen LogP contribution in [-0.4, -0.2) is 21.6 Å². The number of para-hydroxylation sites is 1. The molecule has 2 rings (SSSR count). The summed E-state index contributed by atoms with van der Waals surface area (Å²) in [5.74, 6) is 0.716. The fourth-order valence-electron chi connectivity index (χ4n) is 1.69. The quantitative estimate of drug-likeness (QED) is 0.670. The largest absolute Gasteiger partial charge is 0.323 e. The Morgan fingerprint density at radius 3 is 2.52 bits per heavy atom. The predicted molar refractivity (Wildman–Crippen MR) is 87.3 cm³/mol. The van der Waals surface area contributed by atoms with E-state index in [0.717, 1.165) is 10.7 Å². The molecule has 110 valence electrons. The molecule has 1 N–H and O–H groups in total. The zero-order chi connectivity index (χ0) is 15.4. The number of aromatic nitrogens is 2. The smallest absolute Gasteiger partial charge is 0.234 e. The lowest BCUT2D eigenvalue weighted by Gasteiger charge is -2.09. The molecule has 0 saturated heterocycles. The van der Waals surface area contributed by atoms with Gasteiger partial charge in [0, 0.05) is 5.69 Å². The molecule has 0 spiro atoms. The summed E-state index contributed by atoms with van der Waals surface area (Å²) in [5, 5.41) is 4.30. The van der Waals surface area contributed by atoms with Crippen molar-refractivity contribution in [3.05, 3.63) is 45.8 Å². The van der Waals surface area contributed by atoms with E-state index in [4.69, 9.17) is 23.2 Å². The molecule has 0 saturated carbocycles. The molecule has 0 aliphatic carbocycles. The maximum absolute atomic E-state index is 12.0. The number of thioether (sulfide) groups is 1. The number of hydrogen-bond donors (Lipinski definition) is 1. The zero-order valence-corrected chi connectivity index (χ0v) is 13.8. The number of rotatable bonds is 4. The van der Waals surface area contributed by atoms with Gasteiger partial charge in [0.2, 0.25) is 5.91 Å². The van der Waals surface area contributed by atoms with Gasteiger partial charge in [-0.05, 0) is 32.0 Å². The molecule has 4 nitrogen and oxygen atoms in total. The molecule has 0 fully saturated rings. The number of benzene rings is 1. The van der Waals surface area contributed by atoms with Gasteiger partial charge in [0.05, 0.1) is 21.5 Å². The Kier molecular flexibility index (Phi) is 5.45. The molecule has 0 aliphatic heterocycles. The van der Waals surface area contributed by atoms with Crippen LogP contribution in [0.4, 0.5) is 5.69 Å². The van der Waals surface area contributed by atoms with E-state index in [9.17, 15) is 4.79 Å². The van der Waals surface area contributed by atoms with Gasteiger partial charge in [-0.3, -0.25) is 4.79 Å². The number of amides is 1. The highest BCUT2D eigenvalue weighted by Gasteiger charge is 2.10. The van der Waals surface area contributed by atoms with Crippen molar-refractivity contribution in [2.45, 2.75) is 18.9 Å². The Morgan fingerprint density at radius 2 is 1.90 bits per heavy atom. The summed E-state index contributed by atoms with van der Waals surface area (Å²) in [7, 11) is 0. The topological polar surface area (TPSA) is 54.9 Å². The van der Waals surface area contributed by atoms with Crippen molar-refractivity contribution in [1.82, 2.24) is 9.97 Å². The van der Waals surface area contributed by atoms with Crippen molar-refractivity contribution in [3.8, 4) is 0 Å². The van der Waals surface area contributed by atoms with Gasteiger partial charge in [0.25, 0.3) is 0 Å². The molecule has 1 aromatic heterocycles. The third kappa shape index (κ3) is 4.59. The van der Waals surface area contributed by atoms with Gasteiger partial charge in [-0.15, -0.1) is 0 Å². The minimum Gasteiger partial charge on any atom is -0.323 e. The molecule has 1 heterocycles. The second kappa shape index (κ2) is 7.11. The first-order valence-corrected chi connectivity index (χ1v) is 7.89. The lowest BCUT2D eigenvalue weighted by atomic mass is 10.3. The third-order valence-corrected chi connectivity index (χ3v) is 4.06. The van der Waals surface area contributed by atoms with E-state index in [1.807, 2.05) is 19.9 Å². The number of nitrogens with one attached hydrogen (secondary N) is 1. The number of halogens is 2. The van der Waals surface area contributed by atoms with E-state index in [1.165, 1.54) is 11.8 Å². The molecule has 0 unspecified atom stereocenters. The number of carbonyl (C=O) groups is 1. The summed E-state index contributed by atoms with van der Waals surface area (Å²) in [4.78, 5) is 20.4. The Bertz CT molecular complexity index is 639. The van der Waals surface area contributed by atoms with Crippen molar-refractivity contribution in [1.29, 1.82) is 0 Å². The van der Waals surface area contributed by atoms with Crippen LogP contribution in [0.3, 0.4) is 0 Å². The van der Waals surface area contributed by atoms with Gasteiger partial charge in [-0.1, -0.05) is 41.0 Å². The fraction of sp³-hybridized carbons (Fsp3) is 0.214. The summed E-state index contributed by atoms with van der Waals surface area (Å²) in [5.41, 5.74) is 1.31. The molecule has 0 radical (unpaired) electrons. The van der Waals surface area contributed by atoms with E-state index in [1.54, 1.807) is 18.2 Å². The highest BCUT2D eigenvalue weighted by Crippen LogP contribution is 2.30. The van der Waals surface area contributed by atoms with E-state index in [2.05, 4.69) is 15.3 Å². The van der Waals surface area contributed by atoms with Crippen LogP contribution in [0.5, 0.6) is 0 Å². The van der Waals surface area contributed by atoms with Gasteiger partial charge < -0.3 is 5.32 Å². The number of aryl methyl sites for hydroxylation is 2. The van der Waals surface area contributed by atoms with Crippen LogP contribution in [0.2, 0.25) is 10.0 Å². The summed E-state index contributed by atoms with van der Waals surface area (Å²) in [6.07, 6.45) is 0. The van der Waals surface area contributed by atoms with E-state index in [0.29, 0.717) is 21.6 Å². The standard InChI is InChI=1S/C14H13Cl2N3OS/c1-8-6-13(18-9(2)17-8)21-7-12(20)19-14-10(15)4-3-5-11(14)16/h3-6H,7H2,1-2H3,(H,19,20). The monoisotopic (exact) mass is 341 g/mol. The lowest BCUT2D eigenvalue weighted by Crippen LogP contribution is -2.14. The Morgan fingerprint density at radius 1 is 1.24 bits per heavy atom. The zero-order valence-electron chi connectivity index (χ0n) is 11.5.